The van der Waals surface area contributed by atoms with Crippen LogP contribution in [0.15, 0.2) is 12.4 Å². The third kappa shape index (κ3) is 3.86. The second-order valence-corrected chi connectivity index (χ2v) is 9.44. The molecule has 160 valence electrons. The van der Waals surface area contributed by atoms with Crippen LogP contribution in [0.2, 0.25) is 5.15 Å². The lowest BCUT2D eigenvalue weighted by Gasteiger charge is -2.37. The minimum atomic E-state index is -1.11. The third-order valence-electron chi connectivity index (χ3n) is 6.05. The van der Waals surface area contributed by atoms with Crippen molar-refractivity contribution in [2.75, 3.05) is 0 Å². The molecule has 0 spiro atoms. The number of halogens is 1. The zero-order valence-corrected chi connectivity index (χ0v) is 18.0. The Morgan fingerprint density at radius 1 is 1.23 bits per heavy atom. The monoisotopic (exact) mass is 432 g/mol. The van der Waals surface area contributed by atoms with Crippen LogP contribution in [0.5, 0.6) is 5.88 Å². The van der Waals surface area contributed by atoms with Crippen LogP contribution in [-0.2, 0) is 6.54 Å². The number of hydrogen-bond acceptors (Lipinski definition) is 6. The highest BCUT2D eigenvalue weighted by Gasteiger charge is 2.30. The van der Waals surface area contributed by atoms with E-state index in [4.69, 9.17) is 16.7 Å². The molecule has 30 heavy (non-hydrogen) atoms. The van der Waals surface area contributed by atoms with Crippen molar-refractivity contribution in [1.29, 1.82) is 0 Å². The van der Waals surface area contributed by atoms with E-state index in [0.717, 1.165) is 18.8 Å². The van der Waals surface area contributed by atoms with Gasteiger partial charge >= 0.3 is 5.97 Å². The van der Waals surface area contributed by atoms with E-state index in [9.17, 15) is 9.90 Å². The number of nitrogens with zero attached hydrogens (tertiary/aromatic N) is 6. The maximum Gasteiger partial charge on any atom is 0.338 e. The summed E-state index contributed by atoms with van der Waals surface area (Å²) in [6, 6.07) is 0. The molecule has 0 atom stereocenters. The average Bonchev–Trinajstić information content (AvgIpc) is 3.27. The van der Waals surface area contributed by atoms with Gasteiger partial charge in [-0.1, -0.05) is 32.4 Å². The number of carbonyl (C=O) groups is 1. The number of carboxylic acid groups (broad SMARTS) is 1. The molecule has 1 saturated carbocycles. The second kappa shape index (κ2) is 7.54. The van der Waals surface area contributed by atoms with Gasteiger partial charge in [0.05, 0.1) is 11.8 Å². The fraction of sp³-hybridized carbons (Fsp3) is 0.550. The van der Waals surface area contributed by atoms with Crippen LogP contribution >= 0.6 is 11.6 Å². The number of fused-ring (bicyclic) bond motifs is 1. The van der Waals surface area contributed by atoms with Gasteiger partial charge in [-0.05, 0) is 42.9 Å². The van der Waals surface area contributed by atoms with E-state index >= 15 is 0 Å². The second-order valence-electron chi connectivity index (χ2n) is 9.08. The van der Waals surface area contributed by atoms with Crippen LogP contribution in [0.4, 0.5) is 0 Å². The van der Waals surface area contributed by atoms with E-state index < -0.39 is 5.97 Å². The first-order valence-corrected chi connectivity index (χ1v) is 10.4. The Morgan fingerprint density at radius 3 is 2.53 bits per heavy atom. The van der Waals surface area contributed by atoms with E-state index in [0.29, 0.717) is 28.9 Å². The van der Waals surface area contributed by atoms with Crippen LogP contribution in [0, 0.1) is 17.3 Å². The Kier molecular flexibility index (Phi) is 5.17. The highest BCUT2D eigenvalue weighted by Crippen LogP contribution is 2.40. The summed E-state index contributed by atoms with van der Waals surface area (Å²) in [5.41, 5.74) is 1.01. The lowest BCUT2D eigenvalue weighted by molar-refractivity contribution is 0.0697. The molecule has 0 aromatic carbocycles. The van der Waals surface area contributed by atoms with E-state index in [-0.39, 0.29) is 22.5 Å². The first-order valence-electron chi connectivity index (χ1n) is 10.0. The van der Waals surface area contributed by atoms with Gasteiger partial charge in [-0.3, -0.25) is 4.68 Å². The van der Waals surface area contributed by atoms with Crippen molar-refractivity contribution in [1.82, 2.24) is 29.5 Å². The summed E-state index contributed by atoms with van der Waals surface area (Å²) in [4.78, 5) is 19.5. The number of rotatable bonds is 4. The third-order valence-corrected chi connectivity index (χ3v) is 6.31. The highest BCUT2D eigenvalue weighted by atomic mass is 35.5. The van der Waals surface area contributed by atoms with E-state index in [1.807, 2.05) is 0 Å². The molecule has 0 aliphatic heterocycles. The van der Waals surface area contributed by atoms with Gasteiger partial charge in [-0.2, -0.15) is 15.2 Å². The van der Waals surface area contributed by atoms with Crippen LogP contribution in [0.25, 0.3) is 17.0 Å². The molecule has 4 rings (SSSR count). The van der Waals surface area contributed by atoms with Gasteiger partial charge in [-0.15, -0.1) is 0 Å². The standard InChI is InChI=1S/C20H25ClN6O3/c1-20(2,3)13-6-4-11(5-7-13)9-26-15-14(16(21)25-26)23-19(24-17(15)28)27-10-12(8-22-27)18(29)30/h8,10-11,13H,4-7,9H2,1-3H3,(H,29,30)(H,23,24,28)/t11-,13-. The molecule has 0 amide bonds. The maximum absolute atomic E-state index is 11.1. The van der Waals surface area contributed by atoms with E-state index in [1.54, 1.807) is 4.68 Å². The number of carboxylic acids is 1. The van der Waals surface area contributed by atoms with Crippen molar-refractivity contribution in [3.05, 3.63) is 23.1 Å². The molecule has 1 aliphatic carbocycles. The number of aromatic carboxylic acids is 1. The predicted octanol–water partition coefficient (Wildman–Crippen LogP) is 3.92. The first kappa shape index (κ1) is 20.6. The summed E-state index contributed by atoms with van der Waals surface area (Å²) in [5.74, 6) is -0.176. The molecule has 3 aromatic rings. The molecule has 1 fully saturated rings. The molecular formula is C20H25ClN6O3. The zero-order valence-electron chi connectivity index (χ0n) is 17.2. The summed E-state index contributed by atoms with van der Waals surface area (Å²) in [6.07, 6.45) is 7.02. The minimum absolute atomic E-state index is 0.00848. The largest absolute Gasteiger partial charge is 0.492 e. The Hall–Kier alpha value is -2.68. The van der Waals surface area contributed by atoms with Crippen molar-refractivity contribution in [2.45, 2.75) is 53.0 Å². The number of hydrogen-bond donors (Lipinski definition) is 2. The summed E-state index contributed by atoms with van der Waals surface area (Å²) in [5, 5.41) is 28.1. The van der Waals surface area contributed by atoms with Gasteiger partial charge in [0, 0.05) is 12.7 Å². The topological polar surface area (TPSA) is 119 Å². The molecular weight excluding hydrogens is 408 g/mol. The van der Waals surface area contributed by atoms with Gasteiger partial charge in [0.1, 0.15) is 5.52 Å². The van der Waals surface area contributed by atoms with Crippen LogP contribution < -0.4 is 0 Å². The van der Waals surface area contributed by atoms with Crippen LogP contribution in [-0.4, -0.2) is 45.7 Å². The Bertz CT molecular complexity index is 1090. The van der Waals surface area contributed by atoms with Crippen LogP contribution in [0.1, 0.15) is 56.8 Å². The highest BCUT2D eigenvalue weighted by molar-refractivity contribution is 6.33. The normalized spacial score (nSPS) is 20.0. The zero-order chi connectivity index (χ0) is 21.6. The quantitative estimate of drug-likeness (QED) is 0.641. The maximum atomic E-state index is 11.1. The lowest BCUT2D eigenvalue weighted by Crippen LogP contribution is -2.27. The van der Waals surface area contributed by atoms with Crippen LogP contribution in [0.3, 0.4) is 0 Å². The average molecular weight is 433 g/mol. The minimum Gasteiger partial charge on any atom is -0.492 e. The molecule has 2 N–H and O–H groups in total. The molecule has 0 bridgehead atoms. The van der Waals surface area contributed by atoms with Gasteiger partial charge in [-0.25, -0.2) is 14.5 Å². The Balaban J connectivity index is 1.59. The van der Waals surface area contributed by atoms with Crippen molar-refractivity contribution < 1.29 is 15.0 Å². The van der Waals surface area contributed by atoms with Crippen molar-refractivity contribution in [3.63, 3.8) is 0 Å². The molecule has 0 unspecified atom stereocenters. The molecule has 3 heterocycles. The Morgan fingerprint density at radius 2 is 1.93 bits per heavy atom. The lowest BCUT2D eigenvalue weighted by atomic mass is 9.70. The molecule has 10 heteroatoms. The first-order chi connectivity index (χ1) is 14.1. The SMILES string of the molecule is CC(C)(C)[C@H]1CC[C@H](Cn2nc(Cl)c3nc(-n4cc(C(=O)O)cn4)nc(O)c32)CC1. The summed E-state index contributed by atoms with van der Waals surface area (Å²) < 4.78 is 2.87. The van der Waals surface area contributed by atoms with Crippen molar-refractivity contribution >= 4 is 28.6 Å². The molecule has 0 radical (unpaired) electrons. The smallest absolute Gasteiger partial charge is 0.338 e. The van der Waals surface area contributed by atoms with Gasteiger partial charge < -0.3 is 10.2 Å². The summed E-state index contributed by atoms with van der Waals surface area (Å²) in [6.45, 7) is 7.53. The predicted molar refractivity (Wildman–Crippen MR) is 111 cm³/mol. The summed E-state index contributed by atoms with van der Waals surface area (Å²) in [7, 11) is 0. The van der Waals surface area contributed by atoms with Crippen molar-refractivity contribution in [2.24, 2.45) is 17.3 Å². The summed E-state index contributed by atoms with van der Waals surface area (Å²) >= 11 is 6.31. The molecule has 0 saturated heterocycles. The van der Waals surface area contributed by atoms with Crippen molar-refractivity contribution in [3.8, 4) is 11.8 Å². The number of aromatic hydroxyl groups is 1. The number of aromatic nitrogens is 6. The molecule has 9 nitrogen and oxygen atoms in total. The van der Waals surface area contributed by atoms with Gasteiger partial charge in [0.2, 0.25) is 5.88 Å². The van der Waals surface area contributed by atoms with Gasteiger partial charge in [0.15, 0.2) is 10.7 Å². The van der Waals surface area contributed by atoms with E-state index in [1.165, 1.54) is 29.9 Å². The Labute approximate surface area is 178 Å². The van der Waals surface area contributed by atoms with E-state index in [2.05, 4.69) is 40.9 Å². The molecule has 3 aromatic heterocycles. The fourth-order valence-electron chi connectivity index (χ4n) is 4.25. The van der Waals surface area contributed by atoms with Gasteiger partial charge in [0.25, 0.3) is 5.95 Å². The molecule has 1 aliphatic rings. The fourth-order valence-corrected chi connectivity index (χ4v) is 4.47.